The van der Waals surface area contributed by atoms with Gasteiger partial charge in [-0.15, -0.1) is 0 Å². The molecule has 2 fully saturated rings. The van der Waals surface area contributed by atoms with Crippen LogP contribution in [0.2, 0.25) is 0 Å². The molecule has 0 saturated carbocycles. The Morgan fingerprint density at radius 3 is 2.90 bits per heavy atom. The van der Waals surface area contributed by atoms with Crippen LogP contribution in [-0.2, 0) is 20.9 Å². The van der Waals surface area contributed by atoms with Crippen LogP contribution in [0.5, 0.6) is 11.5 Å². The quantitative estimate of drug-likeness (QED) is 0.778. The molecule has 1 aromatic carbocycles. The first-order valence-electron chi connectivity index (χ1n) is 10.0. The van der Waals surface area contributed by atoms with Crippen molar-refractivity contribution in [3.05, 3.63) is 54.5 Å². The highest BCUT2D eigenvalue weighted by Crippen LogP contribution is 2.52. The molecule has 4 aliphatic rings. The minimum absolute atomic E-state index is 0.0828. The fourth-order valence-corrected chi connectivity index (χ4v) is 4.95. The summed E-state index contributed by atoms with van der Waals surface area (Å²) in [5, 5.41) is 2.93. The second-order valence-electron chi connectivity index (χ2n) is 8.02. The first kappa shape index (κ1) is 17.6. The molecule has 1 spiro atoms. The Kier molecular flexibility index (Phi) is 3.73. The number of furan rings is 1. The number of hydrogen-bond donors (Lipinski definition) is 1. The molecule has 8 nitrogen and oxygen atoms in total. The molecule has 2 aromatic rings. The lowest BCUT2D eigenvalue weighted by Crippen LogP contribution is -2.41. The van der Waals surface area contributed by atoms with Crippen LogP contribution in [-0.4, -0.2) is 48.2 Å². The van der Waals surface area contributed by atoms with Gasteiger partial charge in [-0.05, 0) is 24.3 Å². The van der Waals surface area contributed by atoms with Gasteiger partial charge in [-0.1, -0.05) is 12.2 Å². The summed E-state index contributed by atoms with van der Waals surface area (Å²) in [7, 11) is 0. The highest BCUT2D eigenvalue weighted by atomic mass is 16.6. The molecule has 2 unspecified atom stereocenters. The molecule has 4 atom stereocenters. The third-order valence-corrected chi connectivity index (χ3v) is 6.22. The van der Waals surface area contributed by atoms with Crippen molar-refractivity contribution in [1.82, 2.24) is 4.90 Å². The molecule has 0 aliphatic carbocycles. The van der Waals surface area contributed by atoms with Gasteiger partial charge in [0.05, 0.1) is 37.3 Å². The molecular weight excluding hydrogens is 388 g/mol. The fraction of sp³-hybridized carbons (Fsp3) is 0.364. The number of ether oxygens (including phenoxy) is 3. The van der Waals surface area contributed by atoms with Crippen LogP contribution in [0.4, 0.5) is 5.69 Å². The summed E-state index contributed by atoms with van der Waals surface area (Å²) in [6.07, 6.45) is 5.02. The van der Waals surface area contributed by atoms with E-state index in [1.165, 1.54) is 0 Å². The number of likely N-dealkylation sites (tertiary alicyclic amines) is 1. The van der Waals surface area contributed by atoms with E-state index in [2.05, 4.69) is 5.32 Å². The van der Waals surface area contributed by atoms with Gasteiger partial charge in [0.1, 0.15) is 24.6 Å². The summed E-state index contributed by atoms with van der Waals surface area (Å²) in [6, 6.07) is 8.91. The second-order valence-corrected chi connectivity index (χ2v) is 8.02. The van der Waals surface area contributed by atoms with Gasteiger partial charge in [-0.25, -0.2) is 0 Å². The number of carbonyl (C=O) groups is 2. The van der Waals surface area contributed by atoms with Crippen molar-refractivity contribution in [3.8, 4) is 11.5 Å². The van der Waals surface area contributed by atoms with Gasteiger partial charge in [-0.2, -0.15) is 0 Å². The monoisotopic (exact) mass is 408 g/mol. The predicted octanol–water partition coefficient (Wildman–Crippen LogP) is 1.97. The van der Waals surface area contributed by atoms with Crippen molar-refractivity contribution >= 4 is 17.5 Å². The normalized spacial score (nSPS) is 30.6. The molecule has 2 amide bonds. The first-order valence-corrected chi connectivity index (χ1v) is 10.0. The Balaban J connectivity index is 1.23. The molecule has 4 aliphatic heterocycles. The van der Waals surface area contributed by atoms with Gasteiger partial charge in [0.2, 0.25) is 11.8 Å². The summed E-state index contributed by atoms with van der Waals surface area (Å²) in [4.78, 5) is 28.1. The number of nitrogens with one attached hydrogen (secondary N) is 1. The number of fused-ring (bicyclic) bond motifs is 2. The van der Waals surface area contributed by atoms with Crippen LogP contribution in [0, 0.1) is 11.8 Å². The molecule has 154 valence electrons. The molecule has 8 heteroatoms. The first-order chi connectivity index (χ1) is 14.6. The SMILES string of the molecule is O=C(Nc1ccc2c(c1)OCCO2)C1C2C(=O)N(Cc3ccco3)C[C@@]23C=C[C@@H]1O3. The summed E-state index contributed by atoms with van der Waals surface area (Å²) in [6.45, 7) is 1.76. The van der Waals surface area contributed by atoms with Crippen LogP contribution in [0.3, 0.4) is 0 Å². The lowest BCUT2D eigenvalue weighted by molar-refractivity contribution is -0.136. The van der Waals surface area contributed by atoms with Gasteiger partial charge in [0, 0.05) is 11.8 Å². The Morgan fingerprint density at radius 2 is 2.07 bits per heavy atom. The Labute approximate surface area is 172 Å². The standard InChI is InChI=1S/C22H20N2O6/c25-20(23-13-3-4-15-17(10-13)29-9-8-28-15)18-16-5-6-22(30-16)12-24(21(26)19(18)22)11-14-2-1-7-27-14/h1-7,10,16,18-19H,8-9,11-12H2,(H,23,25)/t16-,18?,19?,22-/m0/s1. The Morgan fingerprint density at radius 1 is 1.20 bits per heavy atom. The predicted molar refractivity (Wildman–Crippen MR) is 104 cm³/mol. The fourth-order valence-electron chi connectivity index (χ4n) is 4.95. The zero-order chi connectivity index (χ0) is 20.3. The number of nitrogens with zero attached hydrogens (tertiary/aromatic N) is 1. The van der Waals surface area contributed by atoms with Gasteiger partial charge in [-0.3, -0.25) is 9.59 Å². The van der Waals surface area contributed by atoms with Crippen LogP contribution in [0.15, 0.2) is 53.2 Å². The zero-order valence-corrected chi connectivity index (χ0v) is 16.1. The number of amides is 2. The lowest BCUT2D eigenvalue weighted by Gasteiger charge is -2.24. The Hall–Kier alpha value is -3.26. The topological polar surface area (TPSA) is 90.2 Å². The maximum absolute atomic E-state index is 13.2. The van der Waals surface area contributed by atoms with Crippen molar-refractivity contribution in [2.45, 2.75) is 18.2 Å². The van der Waals surface area contributed by atoms with E-state index in [0.717, 1.165) is 0 Å². The minimum Gasteiger partial charge on any atom is -0.486 e. The number of rotatable bonds is 4. The van der Waals surface area contributed by atoms with Crippen LogP contribution >= 0.6 is 0 Å². The number of hydrogen-bond acceptors (Lipinski definition) is 6. The number of benzene rings is 1. The van der Waals surface area contributed by atoms with Gasteiger partial charge in [0.15, 0.2) is 11.5 Å². The van der Waals surface area contributed by atoms with E-state index in [-0.39, 0.29) is 11.8 Å². The Bertz CT molecular complexity index is 1050. The maximum atomic E-state index is 13.2. The van der Waals surface area contributed by atoms with E-state index in [1.54, 1.807) is 35.4 Å². The van der Waals surface area contributed by atoms with E-state index in [1.807, 2.05) is 18.2 Å². The minimum atomic E-state index is -0.747. The summed E-state index contributed by atoms with van der Waals surface area (Å²) < 4.78 is 22.7. The molecular formula is C22H20N2O6. The van der Waals surface area contributed by atoms with Crippen LogP contribution < -0.4 is 14.8 Å². The smallest absolute Gasteiger partial charge is 0.231 e. The van der Waals surface area contributed by atoms with Gasteiger partial charge < -0.3 is 28.8 Å². The van der Waals surface area contributed by atoms with Crippen LogP contribution in [0.1, 0.15) is 5.76 Å². The number of anilines is 1. The summed E-state index contributed by atoms with van der Waals surface area (Å²) in [5.74, 6) is 0.513. The van der Waals surface area contributed by atoms with Crippen molar-refractivity contribution in [2.24, 2.45) is 11.8 Å². The average molecular weight is 408 g/mol. The lowest BCUT2D eigenvalue weighted by atomic mass is 9.77. The highest BCUT2D eigenvalue weighted by molar-refractivity contribution is 5.99. The van der Waals surface area contributed by atoms with Gasteiger partial charge in [0.25, 0.3) is 0 Å². The van der Waals surface area contributed by atoms with Crippen molar-refractivity contribution in [2.75, 3.05) is 25.1 Å². The highest BCUT2D eigenvalue weighted by Gasteiger charge is 2.66. The second kappa shape index (κ2) is 6.37. The third kappa shape index (κ3) is 2.56. The number of carbonyl (C=O) groups excluding carboxylic acids is 2. The molecule has 0 radical (unpaired) electrons. The maximum Gasteiger partial charge on any atom is 0.231 e. The van der Waals surface area contributed by atoms with E-state index in [4.69, 9.17) is 18.6 Å². The molecule has 1 aromatic heterocycles. The van der Waals surface area contributed by atoms with Crippen molar-refractivity contribution in [1.29, 1.82) is 0 Å². The zero-order valence-electron chi connectivity index (χ0n) is 16.1. The van der Waals surface area contributed by atoms with E-state index < -0.39 is 23.5 Å². The third-order valence-electron chi connectivity index (χ3n) is 6.22. The van der Waals surface area contributed by atoms with Crippen LogP contribution in [0.25, 0.3) is 0 Å². The van der Waals surface area contributed by atoms with Crippen molar-refractivity contribution in [3.63, 3.8) is 0 Å². The summed E-state index contributed by atoms with van der Waals surface area (Å²) in [5.41, 5.74) is -0.147. The molecule has 2 saturated heterocycles. The average Bonchev–Trinajstić information content (AvgIpc) is 3.51. The molecule has 6 rings (SSSR count). The molecule has 5 heterocycles. The molecule has 30 heavy (non-hydrogen) atoms. The largest absolute Gasteiger partial charge is 0.486 e. The summed E-state index contributed by atoms with van der Waals surface area (Å²) >= 11 is 0. The van der Waals surface area contributed by atoms with Crippen molar-refractivity contribution < 1.29 is 28.2 Å². The van der Waals surface area contributed by atoms with Gasteiger partial charge >= 0.3 is 0 Å². The molecule has 1 N–H and O–H groups in total. The molecule has 2 bridgehead atoms. The van der Waals surface area contributed by atoms with E-state index >= 15 is 0 Å². The van der Waals surface area contributed by atoms with E-state index in [0.29, 0.717) is 49.2 Å². The van der Waals surface area contributed by atoms with E-state index in [9.17, 15) is 9.59 Å².